The van der Waals surface area contributed by atoms with E-state index in [9.17, 15) is 4.79 Å². The molecule has 1 aromatic heterocycles. The molecule has 0 radical (unpaired) electrons. The number of carbonyl (C=O) groups excluding carboxylic acids is 1. The Bertz CT molecular complexity index is 688. The molecule has 1 atom stereocenters. The first-order chi connectivity index (χ1) is 10.1. The van der Waals surface area contributed by atoms with Gasteiger partial charge in [-0.15, -0.1) is 0 Å². The van der Waals surface area contributed by atoms with E-state index in [0.29, 0.717) is 13.0 Å². The van der Waals surface area contributed by atoms with Gasteiger partial charge in [0.2, 0.25) is 5.91 Å². The molecule has 0 saturated carbocycles. The fourth-order valence-electron chi connectivity index (χ4n) is 2.39. The van der Waals surface area contributed by atoms with Crippen LogP contribution in [-0.4, -0.2) is 17.5 Å². The van der Waals surface area contributed by atoms with Crippen molar-refractivity contribution < 1.29 is 9.53 Å². The van der Waals surface area contributed by atoms with Crippen LogP contribution in [0.1, 0.15) is 11.3 Å². The van der Waals surface area contributed by atoms with Gasteiger partial charge in [0, 0.05) is 0 Å². The summed E-state index contributed by atoms with van der Waals surface area (Å²) < 4.78 is 6.42. The molecule has 2 aromatic rings. The summed E-state index contributed by atoms with van der Waals surface area (Å²) in [5, 5.41) is 2.94. The summed E-state index contributed by atoms with van der Waals surface area (Å²) in [4.78, 5) is 16.7. The van der Waals surface area contributed by atoms with Gasteiger partial charge in [0.1, 0.15) is 17.0 Å². The average Bonchev–Trinajstić information content (AvgIpc) is 2.49. The minimum absolute atomic E-state index is 0.0308. The van der Waals surface area contributed by atoms with Crippen molar-refractivity contribution in [2.75, 3.05) is 11.9 Å². The summed E-state index contributed by atoms with van der Waals surface area (Å²) in [6.07, 6.45) is 0.699. The molecule has 3 rings (SSSR count). The van der Waals surface area contributed by atoms with Crippen LogP contribution in [0.2, 0.25) is 0 Å². The third-order valence-electron chi connectivity index (χ3n) is 3.56. The van der Waals surface area contributed by atoms with Crippen LogP contribution in [0.15, 0.2) is 41.0 Å². The lowest BCUT2D eigenvalue weighted by Gasteiger charge is -2.24. The second-order valence-electron chi connectivity index (χ2n) is 5.08. The predicted octanol–water partition coefficient (Wildman–Crippen LogP) is 3.34. The molecule has 108 valence electrons. The Morgan fingerprint density at radius 2 is 2.14 bits per heavy atom. The zero-order valence-electron chi connectivity index (χ0n) is 11.6. The maximum Gasteiger partial charge on any atom is 0.231 e. The van der Waals surface area contributed by atoms with E-state index in [1.165, 1.54) is 0 Å². The number of rotatable bonds is 2. The largest absolute Gasteiger partial charge is 0.492 e. The molecule has 21 heavy (non-hydrogen) atoms. The third-order valence-corrected chi connectivity index (χ3v) is 4.00. The van der Waals surface area contributed by atoms with Crippen molar-refractivity contribution in [2.24, 2.45) is 5.92 Å². The van der Waals surface area contributed by atoms with E-state index in [2.05, 4.69) is 26.2 Å². The first-order valence-electron chi connectivity index (χ1n) is 6.78. The Kier molecular flexibility index (Phi) is 3.92. The van der Waals surface area contributed by atoms with Crippen LogP contribution in [-0.2, 0) is 11.2 Å². The summed E-state index contributed by atoms with van der Waals surface area (Å²) in [5.41, 5.74) is 2.60. The molecular formula is C16H15BrN2O2. The Balaban J connectivity index is 1.72. The van der Waals surface area contributed by atoms with Gasteiger partial charge in [-0.1, -0.05) is 18.2 Å². The molecule has 0 aliphatic carbocycles. The van der Waals surface area contributed by atoms with Crippen molar-refractivity contribution in [3.8, 4) is 5.75 Å². The van der Waals surface area contributed by atoms with Crippen LogP contribution in [0.25, 0.3) is 0 Å². The summed E-state index contributed by atoms with van der Waals surface area (Å²) in [6, 6.07) is 11.5. The Morgan fingerprint density at radius 3 is 2.95 bits per heavy atom. The van der Waals surface area contributed by atoms with Gasteiger partial charge >= 0.3 is 0 Å². The highest BCUT2D eigenvalue weighted by atomic mass is 79.9. The van der Waals surface area contributed by atoms with Crippen LogP contribution in [0, 0.1) is 12.8 Å². The molecular weight excluding hydrogens is 332 g/mol. The Morgan fingerprint density at radius 1 is 1.33 bits per heavy atom. The zero-order chi connectivity index (χ0) is 14.8. The number of hydrogen-bond donors (Lipinski definition) is 1. The highest BCUT2D eigenvalue weighted by molar-refractivity contribution is 9.10. The molecule has 0 bridgehead atoms. The molecule has 2 heterocycles. The van der Waals surface area contributed by atoms with E-state index < -0.39 is 0 Å². The van der Waals surface area contributed by atoms with Crippen molar-refractivity contribution in [1.82, 2.24) is 4.98 Å². The van der Waals surface area contributed by atoms with Gasteiger partial charge in [-0.3, -0.25) is 4.79 Å². The van der Waals surface area contributed by atoms with Crippen molar-refractivity contribution in [2.45, 2.75) is 13.3 Å². The number of nitrogens with one attached hydrogen (secondary N) is 1. The number of aromatic nitrogens is 1. The summed E-state index contributed by atoms with van der Waals surface area (Å²) in [5.74, 6) is 0.669. The number of fused-ring (bicyclic) bond motifs is 1. The van der Waals surface area contributed by atoms with E-state index in [1.54, 1.807) is 0 Å². The minimum atomic E-state index is -0.178. The number of carbonyl (C=O) groups is 1. The van der Waals surface area contributed by atoms with Gasteiger partial charge < -0.3 is 10.1 Å². The fourth-order valence-corrected chi connectivity index (χ4v) is 2.79. The van der Waals surface area contributed by atoms with Gasteiger partial charge in [-0.05, 0) is 53.0 Å². The molecule has 0 fully saturated rings. The van der Waals surface area contributed by atoms with Gasteiger partial charge in [-0.2, -0.15) is 0 Å². The van der Waals surface area contributed by atoms with Crippen LogP contribution in [0.5, 0.6) is 5.75 Å². The molecule has 1 N–H and O–H groups in total. The standard InChI is InChI=1S/C16H15BrN2O2/c1-10-13(6-7-15(17)18-10)19-16(20)12-8-11-4-2-3-5-14(11)21-9-12/h2-7,12H,8-9H2,1H3,(H,19,20). The number of pyridine rings is 1. The summed E-state index contributed by atoms with van der Waals surface area (Å²) in [6.45, 7) is 2.28. The van der Waals surface area contributed by atoms with Crippen molar-refractivity contribution in [3.05, 3.63) is 52.3 Å². The zero-order valence-corrected chi connectivity index (χ0v) is 13.2. The summed E-state index contributed by atoms with van der Waals surface area (Å²) in [7, 11) is 0. The van der Waals surface area contributed by atoms with Crippen LogP contribution < -0.4 is 10.1 Å². The monoisotopic (exact) mass is 346 g/mol. The highest BCUT2D eigenvalue weighted by Crippen LogP contribution is 2.27. The maximum atomic E-state index is 12.4. The second-order valence-corrected chi connectivity index (χ2v) is 5.89. The van der Waals surface area contributed by atoms with E-state index >= 15 is 0 Å². The van der Waals surface area contributed by atoms with E-state index in [1.807, 2.05) is 43.3 Å². The highest BCUT2D eigenvalue weighted by Gasteiger charge is 2.26. The van der Waals surface area contributed by atoms with Gasteiger partial charge in [-0.25, -0.2) is 4.98 Å². The van der Waals surface area contributed by atoms with Gasteiger partial charge in [0.15, 0.2) is 0 Å². The quantitative estimate of drug-likeness (QED) is 0.848. The summed E-state index contributed by atoms with van der Waals surface area (Å²) >= 11 is 3.31. The van der Waals surface area contributed by atoms with Crippen LogP contribution in [0.3, 0.4) is 0 Å². The van der Waals surface area contributed by atoms with E-state index in [4.69, 9.17) is 4.74 Å². The maximum absolute atomic E-state index is 12.4. The number of hydrogen-bond acceptors (Lipinski definition) is 3. The third kappa shape index (κ3) is 3.08. The number of ether oxygens (including phenoxy) is 1. The first-order valence-corrected chi connectivity index (χ1v) is 7.57. The van der Waals surface area contributed by atoms with Crippen molar-refractivity contribution in [3.63, 3.8) is 0 Å². The Hall–Kier alpha value is -1.88. The smallest absolute Gasteiger partial charge is 0.231 e. The fraction of sp³-hybridized carbons (Fsp3) is 0.250. The first kappa shape index (κ1) is 14.1. The Labute approximate surface area is 131 Å². The lowest BCUT2D eigenvalue weighted by molar-refractivity contribution is -0.121. The number of aryl methyl sites for hydroxylation is 1. The second kappa shape index (κ2) is 5.85. The lowest BCUT2D eigenvalue weighted by atomic mass is 9.96. The van der Waals surface area contributed by atoms with Gasteiger partial charge in [0.05, 0.1) is 17.3 Å². The van der Waals surface area contributed by atoms with Crippen LogP contribution >= 0.6 is 15.9 Å². The average molecular weight is 347 g/mol. The molecule has 0 saturated heterocycles. The van der Waals surface area contributed by atoms with Gasteiger partial charge in [0.25, 0.3) is 0 Å². The molecule has 1 aromatic carbocycles. The number of anilines is 1. The molecule has 0 spiro atoms. The minimum Gasteiger partial charge on any atom is -0.492 e. The van der Waals surface area contributed by atoms with E-state index in [-0.39, 0.29) is 11.8 Å². The molecule has 1 aliphatic rings. The molecule has 1 unspecified atom stereocenters. The topological polar surface area (TPSA) is 51.2 Å². The predicted molar refractivity (Wildman–Crippen MR) is 84.4 cm³/mol. The molecule has 5 heteroatoms. The number of amides is 1. The normalized spacial score (nSPS) is 16.8. The molecule has 1 amide bonds. The SMILES string of the molecule is Cc1nc(Br)ccc1NC(=O)C1COc2ccccc2C1. The van der Waals surface area contributed by atoms with E-state index in [0.717, 1.165) is 27.3 Å². The number of halogens is 1. The van der Waals surface area contributed by atoms with Crippen molar-refractivity contribution in [1.29, 1.82) is 0 Å². The van der Waals surface area contributed by atoms with Crippen LogP contribution in [0.4, 0.5) is 5.69 Å². The number of para-hydroxylation sites is 1. The number of benzene rings is 1. The lowest BCUT2D eigenvalue weighted by Crippen LogP contribution is -2.32. The van der Waals surface area contributed by atoms with Crippen molar-refractivity contribution >= 4 is 27.5 Å². The molecule has 1 aliphatic heterocycles. The molecule has 4 nitrogen and oxygen atoms in total. The number of nitrogens with zero attached hydrogens (tertiary/aromatic N) is 1.